The number of likely N-dealkylation sites (N-methyl/N-ethyl adjacent to an activating group) is 1. The van der Waals surface area contributed by atoms with E-state index in [0.717, 1.165) is 25.2 Å². The standard InChI is InChI=1S/C34H37FN4O5/c1-5-39(6-2)17-18-43-31-21-27-25(20-30(31)42-4)28(13-16-36-27)44-29-12-11-24(19-26(29)35)38-33(41)34(14-15-34)32(40)37-23-9-7-22(3)8-10-23/h7-13,16,19-21H,5-6,14-15,17-18H2,1-4H3,(H,37,40)(H,38,41). The predicted octanol–water partition coefficient (Wildman–Crippen LogP) is 6.56. The summed E-state index contributed by atoms with van der Waals surface area (Å²) < 4.78 is 32.8. The first-order valence-corrected chi connectivity index (χ1v) is 14.7. The molecule has 1 saturated carbocycles. The van der Waals surface area contributed by atoms with Gasteiger partial charge in [0.25, 0.3) is 0 Å². The van der Waals surface area contributed by atoms with E-state index in [-0.39, 0.29) is 17.3 Å². The molecule has 2 N–H and O–H groups in total. The number of ether oxygens (including phenoxy) is 3. The highest BCUT2D eigenvalue weighted by molar-refractivity contribution is 6.16. The Morgan fingerprint density at radius 3 is 2.20 bits per heavy atom. The second-order valence-corrected chi connectivity index (χ2v) is 10.8. The lowest BCUT2D eigenvalue weighted by Gasteiger charge is -2.19. The molecular formula is C34H37FN4O5. The van der Waals surface area contributed by atoms with E-state index in [2.05, 4.69) is 34.4 Å². The average Bonchev–Trinajstić information content (AvgIpc) is 3.84. The summed E-state index contributed by atoms with van der Waals surface area (Å²) >= 11 is 0. The van der Waals surface area contributed by atoms with Crippen LogP contribution >= 0.6 is 0 Å². The van der Waals surface area contributed by atoms with Crippen molar-refractivity contribution in [2.45, 2.75) is 33.6 Å². The molecule has 0 aliphatic heterocycles. The highest BCUT2D eigenvalue weighted by Gasteiger charge is 2.56. The number of benzene rings is 3. The topological polar surface area (TPSA) is 102 Å². The van der Waals surface area contributed by atoms with Gasteiger partial charge in [0.1, 0.15) is 17.8 Å². The molecule has 1 heterocycles. The van der Waals surface area contributed by atoms with E-state index in [1.807, 2.05) is 19.1 Å². The third-order valence-electron chi connectivity index (χ3n) is 7.88. The van der Waals surface area contributed by atoms with Crippen molar-refractivity contribution in [2.75, 3.05) is 44.0 Å². The number of rotatable bonds is 13. The quantitative estimate of drug-likeness (QED) is 0.168. The van der Waals surface area contributed by atoms with Gasteiger partial charge in [-0.2, -0.15) is 0 Å². The molecule has 2 amide bonds. The Bertz CT molecular complexity index is 1650. The van der Waals surface area contributed by atoms with Crippen LogP contribution in [0.1, 0.15) is 32.3 Å². The smallest absolute Gasteiger partial charge is 0.240 e. The maximum Gasteiger partial charge on any atom is 0.240 e. The minimum Gasteiger partial charge on any atom is -0.493 e. The number of carbonyl (C=O) groups is 2. The number of methoxy groups -OCH3 is 1. The molecule has 5 rings (SSSR count). The summed E-state index contributed by atoms with van der Waals surface area (Å²) in [5.41, 5.74) is 1.33. The summed E-state index contributed by atoms with van der Waals surface area (Å²) in [7, 11) is 1.56. The maximum absolute atomic E-state index is 15.2. The van der Waals surface area contributed by atoms with Crippen molar-refractivity contribution in [3.8, 4) is 23.0 Å². The normalized spacial score (nSPS) is 13.4. The average molecular weight is 601 g/mol. The summed E-state index contributed by atoms with van der Waals surface area (Å²) in [6.45, 7) is 9.31. The van der Waals surface area contributed by atoms with Crippen molar-refractivity contribution in [3.63, 3.8) is 0 Å². The number of anilines is 2. The van der Waals surface area contributed by atoms with E-state index in [4.69, 9.17) is 14.2 Å². The highest BCUT2D eigenvalue weighted by Crippen LogP contribution is 2.47. The fourth-order valence-electron chi connectivity index (χ4n) is 4.91. The van der Waals surface area contributed by atoms with E-state index in [0.29, 0.717) is 53.3 Å². The van der Waals surface area contributed by atoms with Crippen LogP contribution in [0.4, 0.5) is 15.8 Å². The Morgan fingerprint density at radius 1 is 0.886 bits per heavy atom. The van der Waals surface area contributed by atoms with Crippen LogP contribution in [-0.2, 0) is 9.59 Å². The molecule has 4 aromatic rings. The fourth-order valence-corrected chi connectivity index (χ4v) is 4.91. The number of aryl methyl sites for hydroxylation is 1. The second-order valence-electron chi connectivity index (χ2n) is 10.8. The van der Waals surface area contributed by atoms with Gasteiger partial charge in [0, 0.05) is 41.6 Å². The number of fused-ring (bicyclic) bond motifs is 1. The lowest BCUT2D eigenvalue weighted by molar-refractivity contribution is -0.131. The zero-order valence-corrected chi connectivity index (χ0v) is 25.4. The number of pyridine rings is 1. The minimum absolute atomic E-state index is 0.0349. The molecule has 1 aliphatic rings. The molecular weight excluding hydrogens is 563 g/mol. The van der Waals surface area contributed by atoms with Gasteiger partial charge in [0.15, 0.2) is 23.1 Å². The van der Waals surface area contributed by atoms with Crippen LogP contribution in [0.5, 0.6) is 23.0 Å². The molecule has 0 saturated heterocycles. The number of amides is 2. The maximum atomic E-state index is 15.2. The van der Waals surface area contributed by atoms with Crippen LogP contribution in [0.2, 0.25) is 0 Å². The molecule has 1 fully saturated rings. The highest BCUT2D eigenvalue weighted by atomic mass is 19.1. The lowest BCUT2D eigenvalue weighted by Crippen LogP contribution is -2.35. The summed E-state index contributed by atoms with van der Waals surface area (Å²) in [4.78, 5) is 32.7. The number of hydrogen-bond acceptors (Lipinski definition) is 7. The van der Waals surface area contributed by atoms with Crippen molar-refractivity contribution >= 4 is 34.1 Å². The molecule has 0 radical (unpaired) electrons. The van der Waals surface area contributed by atoms with Gasteiger partial charge >= 0.3 is 0 Å². The predicted molar refractivity (Wildman–Crippen MR) is 168 cm³/mol. The Morgan fingerprint density at radius 2 is 1.57 bits per heavy atom. The van der Waals surface area contributed by atoms with Gasteiger partial charge in [-0.05, 0) is 69.3 Å². The number of hydrogen-bond donors (Lipinski definition) is 2. The third kappa shape index (κ3) is 6.75. The van der Waals surface area contributed by atoms with Gasteiger partial charge in [-0.3, -0.25) is 14.6 Å². The van der Waals surface area contributed by atoms with Crippen LogP contribution in [0.3, 0.4) is 0 Å². The van der Waals surface area contributed by atoms with Crippen LogP contribution < -0.4 is 24.8 Å². The monoisotopic (exact) mass is 600 g/mol. The van der Waals surface area contributed by atoms with E-state index >= 15 is 4.39 Å². The van der Waals surface area contributed by atoms with Crippen LogP contribution in [0, 0.1) is 18.2 Å². The first kappa shape index (κ1) is 30.7. The molecule has 0 spiro atoms. The number of aromatic nitrogens is 1. The number of carbonyl (C=O) groups excluding carboxylic acids is 2. The van der Waals surface area contributed by atoms with Crippen molar-refractivity contribution < 1.29 is 28.2 Å². The Labute approximate surface area is 256 Å². The van der Waals surface area contributed by atoms with E-state index in [1.54, 1.807) is 43.6 Å². The van der Waals surface area contributed by atoms with E-state index in [9.17, 15) is 9.59 Å². The first-order chi connectivity index (χ1) is 21.3. The summed E-state index contributed by atoms with van der Waals surface area (Å²) in [6.07, 6.45) is 2.41. The van der Waals surface area contributed by atoms with Gasteiger partial charge in [-0.1, -0.05) is 31.5 Å². The summed E-state index contributed by atoms with van der Waals surface area (Å²) in [5.74, 6) is -0.118. The fraction of sp³-hybridized carbons (Fsp3) is 0.324. The van der Waals surface area contributed by atoms with Gasteiger partial charge in [0.05, 0.1) is 12.6 Å². The van der Waals surface area contributed by atoms with Crippen LogP contribution in [-0.4, -0.2) is 55.0 Å². The van der Waals surface area contributed by atoms with Gasteiger partial charge < -0.3 is 29.7 Å². The number of nitrogens with zero attached hydrogens (tertiary/aromatic N) is 2. The molecule has 44 heavy (non-hydrogen) atoms. The molecule has 0 unspecified atom stereocenters. The van der Waals surface area contributed by atoms with Gasteiger partial charge in [-0.15, -0.1) is 0 Å². The molecule has 1 aromatic heterocycles. The zero-order valence-electron chi connectivity index (χ0n) is 25.4. The number of nitrogens with one attached hydrogen (secondary N) is 2. The molecule has 1 aliphatic carbocycles. The summed E-state index contributed by atoms with van der Waals surface area (Å²) in [5, 5.41) is 6.13. The Hall–Kier alpha value is -4.70. The van der Waals surface area contributed by atoms with Crippen molar-refractivity contribution in [1.82, 2.24) is 9.88 Å². The number of halogens is 1. The van der Waals surface area contributed by atoms with E-state index < -0.39 is 17.1 Å². The molecule has 230 valence electrons. The largest absolute Gasteiger partial charge is 0.493 e. The van der Waals surface area contributed by atoms with Crippen molar-refractivity contribution in [2.24, 2.45) is 5.41 Å². The Kier molecular flexibility index (Phi) is 9.29. The van der Waals surface area contributed by atoms with E-state index in [1.165, 1.54) is 18.2 Å². The van der Waals surface area contributed by atoms with Crippen LogP contribution in [0.25, 0.3) is 10.9 Å². The lowest BCUT2D eigenvalue weighted by atomic mass is 10.0. The zero-order chi connectivity index (χ0) is 31.3. The minimum atomic E-state index is -1.18. The molecule has 3 aromatic carbocycles. The summed E-state index contributed by atoms with van der Waals surface area (Å²) in [6, 6.07) is 16.7. The third-order valence-corrected chi connectivity index (χ3v) is 7.88. The van der Waals surface area contributed by atoms with Gasteiger partial charge in [0.2, 0.25) is 11.8 Å². The molecule has 9 nitrogen and oxygen atoms in total. The van der Waals surface area contributed by atoms with Crippen molar-refractivity contribution in [1.29, 1.82) is 0 Å². The van der Waals surface area contributed by atoms with Crippen LogP contribution in [0.15, 0.2) is 66.9 Å². The molecule has 0 atom stereocenters. The Balaban J connectivity index is 1.27. The first-order valence-electron chi connectivity index (χ1n) is 14.7. The molecule has 0 bridgehead atoms. The van der Waals surface area contributed by atoms with Gasteiger partial charge in [-0.25, -0.2) is 4.39 Å². The SMILES string of the molecule is CCN(CC)CCOc1cc2nccc(Oc3ccc(NC(=O)C4(C(=O)Nc5ccc(C)cc5)CC4)cc3F)c2cc1OC. The van der Waals surface area contributed by atoms with Crippen molar-refractivity contribution in [3.05, 3.63) is 78.2 Å². The second kappa shape index (κ2) is 13.3. The molecule has 10 heteroatoms.